The van der Waals surface area contributed by atoms with Crippen LogP contribution in [0.1, 0.15) is 11.1 Å². The van der Waals surface area contributed by atoms with E-state index in [-0.39, 0.29) is 6.61 Å². The second kappa shape index (κ2) is 9.83. The zero-order chi connectivity index (χ0) is 22.6. The van der Waals surface area contributed by atoms with Gasteiger partial charge in [0.25, 0.3) is 11.1 Å². The number of likely N-dealkylation sites (N-methyl/N-ethyl adjacent to an activating group) is 1. The van der Waals surface area contributed by atoms with E-state index in [1.807, 2.05) is 30.3 Å². The van der Waals surface area contributed by atoms with Crippen LogP contribution in [0.15, 0.2) is 60.7 Å². The van der Waals surface area contributed by atoms with Gasteiger partial charge in [-0.1, -0.05) is 60.7 Å². The highest BCUT2D eigenvalue weighted by Crippen LogP contribution is 2.47. The molecule has 0 aliphatic carbocycles. The minimum atomic E-state index is -1.70. The lowest BCUT2D eigenvalue weighted by atomic mass is 10.1. The third-order valence-electron chi connectivity index (χ3n) is 5.29. The van der Waals surface area contributed by atoms with Crippen LogP contribution in [0.3, 0.4) is 0 Å². The molecule has 2 heterocycles. The van der Waals surface area contributed by atoms with Gasteiger partial charge < -0.3 is 19.5 Å². The molecule has 2 saturated heterocycles. The number of benzene rings is 2. The maximum Gasteiger partial charge on any atom is 0.338 e. The summed E-state index contributed by atoms with van der Waals surface area (Å²) < 4.78 is 17.6. The first-order chi connectivity index (χ1) is 15.5. The number of ether oxygens (including phenoxy) is 3. The van der Waals surface area contributed by atoms with E-state index < -0.39 is 34.3 Å². The van der Waals surface area contributed by atoms with E-state index in [9.17, 15) is 14.4 Å². The molecular weight excluding hydrogens is 432 g/mol. The molecule has 3 atom stereocenters. The molecule has 2 aliphatic heterocycles. The van der Waals surface area contributed by atoms with E-state index >= 15 is 0 Å². The molecule has 2 aromatic rings. The molecule has 8 nitrogen and oxygen atoms in total. The molecule has 2 aromatic carbocycles. The van der Waals surface area contributed by atoms with Crippen LogP contribution in [0.4, 0.5) is 4.79 Å². The number of morpholine rings is 1. The van der Waals surface area contributed by atoms with Crippen LogP contribution in [0, 0.1) is 0 Å². The van der Waals surface area contributed by atoms with Crippen molar-refractivity contribution in [3.8, 4) is 0 Å². The average Bonchev–Trinajstić information content (AvgIpc) is 3.07. The van der Waals surface area contributed by atoms with Gasteiger partial charge in [-0.15, -0.1) is 0 Å². The molecule has 0 spiro atoms. The number of carbonyl (C=O) groups excluding carboxylic acids is 3. The normalized spacial score (nSPS) is 24.4. The zero-order valence-electron chi connectivity index (χ0n) is 17.6. The smallest absolute Gasteiger partial charge is 0.338 e. The lowest BCUT2D eigenvalue weighted by molar-refractivity contribution is -0.185. The first-order valence-corrected chi connectivity index (χ1v) is 11.1. The van der Waals surface area contributed by atoms with Crippen molar-refractivity contribution in [2.24, 2.45) is 0 Å². The molecule has 1 N–H and O–H groups in total. The van der Waals surface area contributed by atoms with Crippen molar-refractivity contribution in [3.63, 3.8) is 0 Å². The second-order valence-electron chi connectivity index (χ2n) is 7.46. The number of carbonyl (C=O) groups is 3. The van der Waals surface area contributed by atoms with Crippen LogP contribution in [-0.4, -0.2) is 61.0 Å². The van der Waals surface area contributed by atoms with Gasteiger partial charge in [0.05, 0.1) is 6.61 Å². The third kappa shape index (κ3) is 4.56. The fraction of sp³-hybridized carbons (Fsp3) is 0.348. The van der Waals surface area contributed by atoms with Gasteiger partial charge in [0.2, 0.25) is 4.93 Å². The minimum Gasteiger partial charge on any atom is -0.459 e. The Morgan fingerprint density at radius 2 is 1.88 bits per heavy atom. The number of nitrogens with one attached hydrogen (secondary N) is 1. The highest BCUT2D eigenvalue weighted by molar-refractivity contribution is 8.15. The van der Waals surface area contributed by atoms with E-state index in [2.05, 4.69) is 5.32 Å². The van der Waals surface area contributed by atoms with Crippen molar-refractivity contribution in [3.05, 3.63) is 71.8 Å². The molecule has 0 radical (unpaired) electrons. The van der Waals surface area contributed by atoms with Crippen molar-refractivity contribution in [1.29, 1.82) is 0 Å². The lowest BCUT2D eigenvalue weighted by Gasteiger charge is -2.35. The lowest BCUT2D eigenvalue weighted by Crippen LogP contribution is -2.53. The van der Waals surface area contributed by atoms with Crippen LogP contribution in [-0.2, 0) is 35.3 Å². The molecule has 168 valence electrons. The molecular formula is C23H24N2O6S. The highest BCUT2D eigenvalue weighted by atomic mass is 32.2. The Bertz CT molecular complexity index is 967. The number of hydrogen-bond donors (Lipinski definition) is 1. The molecule has 2 aliphatic rings. The quantitative estimate of drug-likeness (QED) is 0.635. The van der Waals surface area contributed by atoms with E-state index in [1.165, 1.54) is 7.05 Å². The Balaban J connectivity index is 1.64. The van der Waals surface area contributed by atoms with E-state index in [0.29, 0.717) is 25.3 Å². The van der Waals surface area contributed by atoms with Crippen LogP contribution in [0.5, 0.6) is 0 Å². The molecule has 3 unspecified atom stereocenters. The van der Waals surface area contributed by atoms with E-state index in [0.717, 1.165) is 22.2 Å². The monoisotopic (exact) mass is 456 g/mol. The standard InChI is InChI=1S/C23H24N2O6S/c1-25-21(27)23(32-22(25)28,17-10-6-3-7-11-17)31-19(18-14-24-12-13-29-18)20(26)30-15-16-8-4-2-5-9-16/h2-11,18-19,24H,12-15H2,1H3. The number of thioether (sulfide) groups is 1. The highest BCUT2D eigenvalue weighted by Gasteiger charge is 2.57. The van der Waals surface area contributed by atoms with Crippen LogP contribution in [0.2, 0.25) is 0 Å². The van der Waals surface area contributed by atoms with Crippen LogP contribution >= 0.6 is 11.8 Å². The third-order valence-corrected chi connectivity index (χ3v) is 6.53. The Kier molecular flexibility index (Phi) is 6.90. The molecule has 0 bridgehead atoms. The van der Waals surface area contributed by atoms with Gasteiger partial charge in [0.1, 0.15) is 12.7 Å². The van der Waals surface area contributed by atoms with Gasteiger partial charge in [0, 0.05) is 25.7 Å². The van der Waals surface area contributed by atoms with Gasteiger partial charge in [-0.25, -0.2) is 4.79 Å². The largest absolute Gasteiger partial charge is 0.459 e. The van der Waals surface area contributed by atoms with Gasteiger partial charge in [0.15, 0.2) is 6.10 Å². The van der Waals surface area contributed by atoms with Crippen LogP contribution < -0.4 is 5.32 Å². The zero-order valence-corrected chi connectivity index (χ0v) is 18.4. The first kappa shape index (κ1) is 22.5. The van der Waals surface area contributed by atoms with E-state index in [4.69, 9.17) is 14.2 Å². The summed E-state index contributed by atoms with van der Waals surface area (Å²) in [5.41, 5.74) is 1.29. The molecule has 0 saturated carbocycles. The number of esters is 1. The van der Waals surface area contributed by atoms with Crippen molar-refractivity contribution in [2.75, 3.05) is 26.7 Å². The second-order valence-corrected chi connectivity index (χ2v) is 8.59. The maximum atomic E-state index is 13.2. The number of amides is 2. The Morgan fingerprint density at radius 1 is 1.19 bits per heavy atom. The summed E-state index contributed by atoms with van der Waals surface area (Å²) in [5, 5.41) is 2.71. The summed E-state index contributed by atoms with van der Waals surface area (Å²) in [6, 6.07) is 18.0. The summed E-state index contributed by atoms with van der Waals surface area (Å²) in [7, 11) is 1.40. The topological polar surface area (TPSA) is 94.2 Å². The maximum absolute atomic E-state index is 13.2. The molecule has 2 fully saturated rings. The summed E-state index contributed by atoms with van der Waals surface area (Å²) in [4.78, 5) is 38.1. The number of nitrogens with zero attached hydrogens (tertiary/aromatic N) is 1. The molecule has 4 rings (SSSR count). The Hall–Kier alpha value is -2.72. The first-order valence-electron chi connectivity index (χ1n) is 10.3. The van der Waals surface area contributed by atoms with Gasteiger partial charge in [-0.3, -0.25) is 14.5 Å². The van der Waals surface area contributed by atoms with Crippen molar-refractivity contribution in [1.82, 2.24) is 10.2 Å². The van der Waals surface area contributed by atoms with Crippen LogP contribution in [0.25, 0.3) is 0 Å². The summed E-state index contributed by atoms with van der Waals surface area (Å²) in [6.07, 6.45) is -1.90. The Labute approximate surface area is 190 Å². The van der Waals surface area contributed by atoms with Crippen molar-refractivity contribution >= 4 is 28.9 Å². The predicted molar refractivity (Wildman–Crippen MR) is 118 cm³/mol. The summed E-state index contributed by atoms with van der Waals surface area (Å²) >= 11 is 0.738. The number of rotatable bonds is 7. The minimum absolute atomic E-state index is 0.0535. The summed E-state index contributed by atoms with van der Waals surface area (Å²) in [6.45, 7) is 1.42. The Morgan fingerprint density at radius 3 is 2.47 bits per heavy atom. The van der Waals surface area contributed by atoms with Gasteiger partial charge in [-0.05, 0) is 17.3 Å². The van der Waals surface area contributed by atoms with Crippen molar-refractivity contribution in [2.45, 2.75) is 23.7 Å². The fourth-order valence-electron chi connectivity index (χ4n) is 3.57. The van der Waals surface area contributed by atoms with E-state index in [1.54, 1.807) is 30.3 Å². The number of imide groups is 1. The molecule has 2 amide bonds. The fourth-order valence-corrected chi connectivity index (χ4v) is 4.66. The summed E-state index contributed by atoms with van der Waals surface area (Å²) in [5.74, 6) is -1.21. The van der Waals surface area contributed by atoms with Gasteiger partial charge >= 0.3 is 5.97 Å². The molecule has 32 heavy (non-hydrogen) atoms. The SMILES string of the molecule is CN1C(=O)SC(OC(C(=O)OCc2ccccc2)C2CNCCO2)(c2ccccc2)C1=O. The molecule has 9 heteroatoms. The predicted octanol–water partition coefficient (Wildman–Crippen LogP) is 2.28. The average molecular weight is 457 g/mol. The number of hydrogen-bond acceptors (Lipinski definition) is 8. The van der Waals surface area contributed by atoms with Crippen molar-refractivity contribution < 1.29 is 28.6 Å². The van der Waals surface area contributed by atoms with Gasteiger partial charge in [-0.2, -0.15) is 0 Å². The molecule has 0 aromatic heterocycles.